The van der Waals surface area contributed by atoms with E-state index >= 15 is 0 Å². The average molecular weight is 290 g/mol. The number of rotatable bonds is 2. The molecule has 0 saturated carbocycles. The monoisotopic (exact) mass is 290 g/mol. The second-order valence-corrected chi connectivity index (χ2v) is 5.62. The van der Waals surface area contributed by atoms with Gasteiger partial charge in [-0.1, -0.05) is 18.6 Å². The third-order valence-electron chi connectivity index (χ3n) is 3.89. The first-order chi connectivity index (χ1) is 9.68. The van der Waals surface area contributed by atoms with Crippen LogP contribution in [0.2, 0.25) is 0 Å². The zero-order valence-electron chi connectivity index (χ0n) is 11.5. The van der Waals surface area contributed by atoms with E-state index in [2.05, 4.69) is 19.9 Å². The normalized spacial score (nSPS) is 14.8. The summed E-state index contributed by atoms with van der Waals surface area (Å²) in [5.41, 5.74) is 4.49. The van der Waals surface area contributed by atoms with Gasteiger partial charge in [-0.05, 0) is 19.3 Å². The summed E-state index contributed by atoms with van der Waals surface area (Å²) >= 11 is 5.39. The molecule has 2 aromatic heterocycles. The van der Waals surface area contributed by atoms with E-state index in [1.165, 1.54) is 25.0 Å². The molecule has 0 unspecified atom stereocenters. The molecule has 2 N–H and O–H groups in total. The number of aromatic amines is 1. The number of carbonyl (C=O) groups excluding carboxylic acids is 1. The Morgan fingerprint density at radius 1 is 1.50 bits per heavy atom. The molecule has 2 aromatic rings. The van der Waals surface area contributed by atoms with Gasteiger partial charge in [0.1, 0.15) is 5.52 Å². The Hall–Kier alpha value is -1.69. The molecule has 0 atom stereocenters. The Labute approximate surface area is 122 Å². The van der Waals surface area contributed by atoms with E-state index in [0.29, 0.717) is 11.2 Å². The number of H-pyrrole nitrogens is 1. The number of hydrogen-bond acceptors (Lipinski definition) is 3. The Morgan fingerprint density at radius 3 is 3.15 bits per heavy atom. The maximum atomic E-state index is 11.2. The lowest BCUT2D eigenvalue weighted by molar-refractivity contribution is -0.119. The molecule has 1 aliphatic rings. The number of hydrogen-bond donors (Lipinski definition) is 2. The fraction of sp³-hybridized carbons (Fsp3) is 0.500. The number of carbonyl (C=O) groups is 1. The standard InChI is InChI=1S/C14H18N4OS/c1-9(19)15-7-10-11-5-3-2-4-6-18(11)13-12(10)16-8-17-14(13)20/h8H,2-7H2,1H3,(H,15,19)(H,16,17,20). The van der Waals surface area contributed by atoms with E-state index < -0.39 is 0 Å². The van der Waals surface area contributed by atoms with Crippen molar-refractivity contribution in [3.63, 3.8) is 0 Å². The third kappa shape index (κ3) is 2.24. The molecule has 1 amide bonds. The number of nitrogens with one attached hydrogen (secondary N) is 2. The summed E-state index contributed by atoms with van der Waals surface area (Å²) in [5, 5.41) is 2.90. The first kappa shape index (κ1) is 13.3. The van der Waals surface area contributed by atoms with Gasteiger partial charge in [-0.15, -0.1) is 0 Å². The topological polar surface area (TPSA) is 62.7 Å². The fourth-order valence-corrected chi connectivity index (χ4v) is 3.25. The molecular formula is C14H18N4OS. The predicted molar refractivity (Wildman–Crippen MR) is 80.0 cm³/mol. The van der Waals surface area contributed by atoms with Crippen LogP contribution in [0.15, 0.2) is 6.33 Å². The number of amides is 1. The van der Waals surface area contributed by atoms with Crippen molar-refractivity contribution in [3.05, 3.63) is 22.2 Å². The fourth-order valence-electron chi connectivity index (χ4n) is 2.99. The van der Waals surface area contributed by atoms with Crippen molar-refractivity contribution in [2.24, 2.45) is 0 Å². The zero-order chi connectivity index (χ0) is 14.1. The van der Waals surface area contributed by atoms with Gasteiger partial charge in [-0.25, -0.2) is 4.98 Å². The van der Waals surface area contributed by atoms with Crippen molar-refractivity contribution in [2.75, 3.05) is 0 Å². The molecule has 0 saturated heterocycles. The van der Waals surface area contributed by atoms with Gasteiger partial charge in [-0.2, -0.15) is 0 Å². The summed E-state index contributed by atoms with van der Waals surface area (Å²) in [7, 11) is 0. The zero-order valence-corrected chi connectivity index (χ0v) is 12.3. The first-order valence-corrected chi connectivity index (χ1v) is 7.41. The first-order valence-electron chi connectivity index (χ1n) is 7.00. The van der Waals surface area contributed by atoms with Crippen LogP contribution in [0, 0.1) is 4.64 Å². The third-order valence-corrected chi connectivity index (χ3v) is 4.18. The van der Waals surface area contributed by atoms with Crippen LogP contribution in [0.25, 0.3) is 11.0 Å². The van der Waals surface area contributed by atoms with Gasteiger partial charge in [0.2, 0.25) is 5.91 Å². The average Bonchev–Trinajstić information content (AvgIpc) is 2.57. The minimum absolute atomic E-state index is 0.0145. The second kappa shape index (κ2) is 5.36. The largest absolute Gasteiger partial charge is 0.352 e. The number of aromatic nitrogens is 3. The van der Waals surface area contributed by atoms with Crippen LogP contribution in [-0.4, -0.2) is 20.4 Å². The molecule has 1 aliphatic heterocycles. The molecule has 106 valence electrons. The summed E-state index contributed by atoms with van der Waals surface area (Å²) < 4.78 is 2.93. The highest BCUT2D eigenvalue weighted by molar-refractivity contribution is 7.71. The van der Waals surface area contributed by atoms with Gasteiger partial charge >= 0.3 is 0 Å². The van der Waals surface area contributed by atoms with Crippen molar-refractivity contribution in [1.29, 1.82) is 0 Å². The van der Waals surface area contributed by atoms with Crippen LogP contribution in [-0.2, 0) is 24.3 Å². The minimum Gasteiger partial charge on any atom is -0.352 e. The summed E-state index contributed by atoms with van der Waals surface area (Å²) in [4.78, 5) is 18.6. The van der Waals surface area contributed by atoms with Crippen LogP contribution in [0.5, 0.6) is 0 Å². The molecule has 0 bridgehead atoms. The van der Waals surface area contributed by atoms with E-state index in [-0.39, 0.29) is 5.91 Å². The van der Waals surface area contributed by atoms with E-state index in [4.69, 9.17) is 12.2 Å². The maximum absolute atomic E-state index is 11.2. The van der Waals surface area contributed by atoms with Gasteiger partial charge in [0.25, 0.3) is 0 Å². The summed E-state index contributed by atoms with van der Waals surface area (Å²) in [6.45, 7) is 3.07. The van der Waals surface area contributed by atoms with E-state index in [0.717, 1.165) is 29.6 Å². The maximum Gasteiger partial charge on any atom is 0.217 e. The molecule has 0 aliphatic carbocycles. The Balaban J connectivity index is 2.21. The number of nitrogens with zero attached hydrogens (tertiary/aromatic N) is 2. The molecule has 3 rings (SSSR count). The van der Waals surface area contributed by atoms with Crippen LogP contribution in [0.3, 0.4) is 0 Å². The van der Waals surface area contributed by atoms with Crippen molar-refractivity contribution in [2.45, 2.75) is 45.7 Å². The summed E-state index contributed by atoms with van der Waals surface area (Å²) in [6, 6.07) is 0. The minimum atomic E-state index is -0.0145. The van der Waals surface area contributed by atoms with Crippen LogP contribution in [0.4, 0.5) is 0 Å². The predicted octanol–water partition coefficient (Wildman–Crippen LogP) is 2.46. The molecule has 6 heteroatoms. The molecule has 0 fully saturated rings. The van der Waals surface area contributed by atoms with Gasteiger partial charge in [0.05, 0.1) is 11.8 Å². The quantitative estimate of drug-likeness (QED) is 0.835. The lowest BCUT2D eigenvalue weighted by atomic mass is 10.1. The van der Waals surface area contributed by atoms with Gasteiger partial charge in [-0.3, -0.25) is 4.79 Å². The number of fused-ring (bicyclic) bond motifs is 3. The lowest BCUT2D eigenvalue weighted by Gasteiger charge is -2.07. The molecule has 0 spiro atoms. The molecule has 0 aromatic carbocycles. The van der Waals surface area contributed by atoms with E-state index in [9.17, 15) is 4.79 Å². The smallest absolute Gasteiger partial charge is 0.217 e. The lowest BCUT2D eigenvalue weighted by Crippen LogP contribution is -2.20. The Bertz CT molecular complexity index is 716. The van der Waals surface area contributed by atoms with Crippen LogP contribution >= 0.6 is 12.2 Å². The molecule has 0 radical (unpaired) electrons. The number of aryl methyl sites for hydroxylation is 1. The van der Waals surface area contributed by atoms with Gasteiger partial charge in [0.15, 0.2) is 4.64 Å². The summed E-state index contributed by atoms with van der Waals surface area (Å²) in [6.07, 6.45) is 6.26. The highest BCUT2D eigenvalue weighted by Gasteiger charge is 2.20. The van der Waals surface area contributed by atoms with E-state index in [1.54, 1.807) is 13.3 Å². The molecule has 5 nitrogen and oxygen atoms in total. The van der Waals surface area contributed by atoms with Crippen LogP contribution in [0.1, 0.15) is 37.4 Å². The van der Waals surface area contributed by atoms with Gasteiger partial charge in [0, 0.05) is 31.3 Å². The van der Waals surface area contributed by atoms with Gasteiger partial charge < -0.3 is 14.9 Å². The van der Waals surface area contributed by atoms with Crippen molar-refractivity contribution in [3.8, 4) is 0 Å². The van der Waals surface area contributed by atoms with Crippen molar-refractivity contribution in [1.82, 2.24) is 19.9 Å². The SMILES string of the molecule is CC(=O)NCc1c2n(c3c(=S)nc[nH]c13)CCCCC2. The second-order valence-electron chi connectivity index (χ2n) is 5.23. The highest BCUT2D eigenvalue weighted by atomic mass is 32.1. The van der Waals surface area contributed by atoms with Crippen LogP contribution < -0.4 is 5.32 Å². The molecule has 3 heterocycles. The Kier molecular flexibility index (Phi) is 3.56. The molecular weight excluding hydrogens is 272 g/mol. The van der Waals surface area contributed by atoms with E-state index in [1.807, 2.05) is 0 Å². The molecule has 20 heavy (non-hydrogen) atoms. The summed E-state index contributed by atoms with van der Waals surface area (Å²) in [5.74, 6) is -0.0145. The Morgan fingerprint density at radius 2 is 2.35 bits per heavy atom. The van der Waals surface area contributed by atoms with Crippen molar-refractivity contribution < 1.29 is 4.79 Å². The highest BCUT2D eigenvalue weighted by Crippen LogP contribution is 2.29. The van der Waals surface area contributed by atoms with Crippen molar-refractivity contribution >= 4 is 29.2 Å².